The molecule has 10 heteroatoms. The molecule has 184 valence electrons. The number of piperidine rings is 1. The number of methoxy groups -OCH3 is 1. The van der Waals surface area contributed by atoms with Crippen molar-refractivity contribution in [2.75, 3.05) is 39.9 Å². The molecule has 2 aliphatic rings. The molecule has 1 saturated heterocycles. The Labute approximate surface area is 203 Å². The van der Waals surface area contributed by atoms with Gasteiger partial charge in [0.25, 0.3) is 11.5 Å². The maximum atomic E-state index is 13.2. The Kier molecular flexibility index (Phi) is 7.89. The lowest BCUT2D eigenvalue weighted by atomic mass is 10.0. The SMILES string of the molecule is CCOC(=O)N1CCC(N2CCc3c(C(=O)NCc4cccs4)c(OC)cc(=O)n3CC2)CC1. The van der Waals surface area contributed by atoms with Crippen LogP contribution in [-0.4, -0.2) is 72.3 Å². The fraction of sp³-hybridized carbons (Fsp3) is 0.542. The van der Waals surface area contributed by atoms with Crippen LogP contribution in [0.3, 0.4) is 0 Å². The zero-order valence-electron chi connectivity index (χ0n) is 19.7. The van der Waals surface area contributed by atoms with Crippen LogP contribution in [0.2, 0.25) is 0 Å². The quantitative estimate of drug-likeness (QED) is 0.671. The molecule has 0 aliphatic carbocycles. The van der Waals surface area contributed by atoms with E-state index in [2.05, 4.69) is 10.2 Å². The first-order valence-corrected chi connectivity index (χ1v) is 12.7. The summed E-state index contributed by atoms with van der Waals surface area (Å²) in [6.07, 6.45) is 2.05. The smallest absolute Gasteiger partial charge is 0.409 e. The van der Waals surface area contributed by atoms with Crippen molar-refractivity contribution < 1.29 is 19.1 Å². The van der Waals surface area contributed by atoms with Gasteiger partial charge in [0, 0.05) is 61.8 Å². The number of carbonyl (C=O) groups is 2. The second kappa shape index (κ2) is 11.1. The molecule has 34 heavy (non-hydrogen) atoms. The van der Waals surface area contributed by atoms with Crippen LogP contribution in [0.5, 0.6) is 5.75 Å². The minimum atomic E-state index is -0.249. The third-order valence-electron chi connectivity index (χ3n) is 6.59. The Morgan fingerprint density at radius 2 is 1.97 bits per heavy atom. The van der Waals surface area contributed by atoms with E-state index in [-0.39, 0.29) is 17.6 Å². The molecule has 1 N–H and O–H groups in total. The average Bonchev–Trinajstić information content (AvgIpc) is 3.27. The van der Waals surface area contributed by atoms with Crippen molar-refractivity contribution in [1.82, 2.24) is 19.7 Å². The van der Waals surface area contributed by atoms with E-state index in [4.69, 9.17) is 9.47 Å². The summed E-state index contributed by atoms with van der Waals surface area (Å²) >= 11 is 1.58. The van der Waals surface area contributed by atoms with E-state index in [1.165, 1.54) is 13.2 Å². The van der Waals surface area contributed by atoms with Crippen molar-refractivity contribution in [3.05, 3.63) is 50.1 Å². The van der Waals surface area contributed by atoms with Gasteiger partial charge >= 0.3 is 6.09 Å². The maximum Gasteiger partial charge on any atom is 0.409 e. The Balaban J connectivity index is 1.48. The summed E-state index contributed by atoms with van der Waals surface area (Å²) in [6.45, 7) is 5.93. The van der Waals surface area contributed by atoms with Gasteiger partial charge in [0.15, 0.2) is 0 Å². The van der Waals surface area contributed by atoms with Crippen LogP contribution < -0.4 is 15.6 Å². The van der Waals surface area contributed by atoms with E-state index >= 15 is 0 Å². The molecule has 1 fully saturated rings. The van der Waals surface area contributed by atoms with Gasteiger partial charge < -0.3 is 24.3 Å². The van der Waals surface area contributed by atoms with Gasteiger partial charge in [0.1, 0.15) is 11.3 Å². The number of hydrogen-bond donors (Lipinski definition) is 1. The number of thiophene rings is 1. The molecule has 2 aliphatic heterocycles. The van der Waals surface area contributed by atoms with Crippen LogP contribution in [0, 0.1) is 0 Å². The Hall–Kier alpha value is -2.85. The lowest BCUT2D eigenvalue weighted by Crippen LogP contribution is -2.47. The second-order valence-electron chi connectivity index (χ2n) is 8.49. The zero-order valence-corrected chi connectivity index (χ0v) is 20.6. The van der Waals surface area contributed by atoms with E-state index in [9.17, 15) is 14.4 Å². The third kappa shape index (κ3) is 5.28. The summed E-state index contributed by atoms with van der Waals surface area (Å²) in [5, 5.41) is 4.95. The molecule has 0 saturated carbocycles. The van der Waals surface area contributed by atoms with Crippen molar-refractivity contribution in [2.45, 2.75) is 45.3 Å². The summed E-state index contributed by atoms with van der Waals surface area (Å²) in [4.78, 5) is 43.3. The molecule has 0 radical (unpaired) electrons. The molecule has 4 rings (SSSR count). The van der Waals surface area contributed by atoms with E-state index in [0.29, 0.717) is 56.6 Å². The first kappa shape index (κ1) is 24.3. The lowest BCUT2D eigenvalue weighted by molar-refractivity contribution is 0.0751. The molecular weight excluding hydrogens is 456 g/mol. The molecule has 0 bridgehead atoms. The number of aromatic nitrogens is 1. The minimum absolute atomic E-state index is 0.152. The highest BCUT2D eigenvalue weighted by molar-refractivity contribution is 7.09. The fourth-order valence-electron chi connectivity index (χ4n) is 4.83. The van der Waals surface area contributed by atoms with E-state index in [1.54, 1.807) is 20.8 Å². The number of nitrogens with one attached hydrogen (secondary N) is 1. The van der Waals surface area contributed by atoms with Gasteiger partial charge in [0.05, 0.1) is 20.3 Å². The Morgan fingerprint density at radius 3 is 2.65 bits per heavy atom. The van der Waals surface area contributed by atoms with Crippen LogP contribution >= 0.6 is 11.3 Å². The number of rotatable bonds is 6. The molecule has 0 atom stereocenters. The maximum absolute atomic E-state index is 13.2. The van der Waals surface area contributed by atoms with Crippen molar-refractivity contribution in [2.24, 2.45) is 0 Å². The topological polar surface area (TPSA) is 93.1 Å². The van der Waals surface area contributed by atoms with Crippen LogP contribution in [-0.2, 0) is 24.2 Å². The summed E-state index contributed by atoms with van der Waals surface area (Å²) in [6, 6.07) is 5.67. The van der Waals surface area contributed by atoms with Crippen molar-refractivity contribution >= 4 is 23.3 Å². The highest BCUT2D eigenvalue weighted by atomic mass is 32.1. The van der Waals surface area contributed by atoms with Crippen LogP contribution in [0.4, 0.5) is 4.79 Å². The van der Waals surface area contributed by atoms with Crippen LogP contribution in [0.1, 0.15) is 40.7 Å². The highest BCUT2D eigenvalue weighted by Crippen LogP contribution is 2.25. The molecule has 2 aromatic heterocycles. The fourth-order valence-corrected chi connectivity index (χ4v) is 5.48. The molecule has 0 unspecified atom stereocenters. The first-order chi connectivity index (χ1) is 16.5. The van der Waals surface area contributed by atoms with E-state index in [0.717, 1.165) is 36.5 Å². The van der Waals surface area contributed by atoms with Gasteiger partial charge in [0.2, 0.25) is 0 Å². The largest absolute Gasteiger partial charge is 0.496 e. The van der Waals surface area contributed by atoms with Crippen molar-refractivity contribution in [3.63, 3.8) is 0 Å². The van der Waals surface area contributed by atoms with Gasteiger partial charge in [-0.15, -0.1) is 11.3 Å². The molecule has 9 nitrogen and oxygen atoms in total. The van der Waals surface area contributed by atoms with Gasteiger partial charge in [-0.1, -0.05) is 6.07 Å². The highest BCUT2D eigenvalue weighted by Gasteiger charge is 2.30. The first-order valence-electron chi connectivity index (χ1n) is 11.8. The molecular formula is C24H32N4O5S. The van der Waals surface area contributed by atoms with Crippen molar-refractivity contribution in [3.8, 4) is 5.75 Å². The predicted octanol–water partition coefficient (Wildman–Crippen LogP) is 2.33. The summed E-state index contributed by atoms with van der Waals surface area (Å²) in [5.41, 5.74) is 1.01. The van der Waals surface area contributed by atoms with Gasteiger partial charge in [-0.3, -0.25) is 14.5 Å². The molecule has 0 spiro atoms. The number of nitrogens with zero attached hydrogens (tertiary/aromatic N) is 3. The third-order valence-corrected chi connectivity index (χ3v) is 7.46. The average molecular weight is 489 g/mol. The van der Waals surface area contributed by atoms with Crippen molar-refractivity contribution in [1.29, 1.82) is 0 Å². The van der Waals surface area contributed by atoms with E-state index in [1.807, 2.05) is 24.4 Å². The van der Waals surface area contributed by atoms with E-state index < -0.39 is 0 Å². The number of amides is 2. The number of fused-ring (bicyclic) bond motifs is 1. The van der Waals surface area contributed by atoms with Gasteiger partial charge in [-0.25, -0.2) is 4.79 Å². The Morgan fingerprint density at radius 1 is 1.18 bits per heavy atom. The number of likely N-dealkylation sites (tertiary alicyclic amines) is 1. The zero-order chi connectivity index (χ0) is 24.1. The summed E-state index contributed by atoms with van der Waals surface area (Å²) < 4.78 is 12.3. The van der Waals surface area contributed by atoms with Crippen LogP contribution in [0.25, 0.3) is 0 Å². The lowest BCUT2D eigenvalue weighted by Gasteiger charge is -2.37. The summed E-state index contributed by atoms with van der Waals surface area (Å²) in [7, 11) is 1.49. The molecule has 4 heterocycles. The predicted molar refractivity (Wildman–Crippen MR) is 130 cm³/mol. The summed E-state index contributed by atoms with van der Waals surface area (Å²) in [5.74, 6) is 0.0846. The Bertz CT molecular complexity index is 1060. The standard InChI is InChI=1S/C24H32N4O5S/c1-3-33-24(31)27-9-6-17(7-10-27)26-11-8-19-22(23(30)25-16-18-5-4-14-34-18)20(32-2)15-21(29)28(19)13-12-26/h4-5,14-15,17H,3,6-13,16H2,1-2H3,(H,25,30). The molecule has 2 amide bonds. The number of ether oxygens (including phenoxy) is 2. The van der Waals surface area contributed by atoms with Crippen LogP contribution in [0.15, 0.2) is 28.4 Å². The van der Waals surface area contributed by atoms with Gasteiger partial charge in [-0.2, -0.15) is 0 Å². The number of pyridine rings is 1. The normalized spacial score (nSPS) is 17.1. The number of carbonyl (C=O) groups excluding carboxylic acids is 2. The molecule has 0 aromatic carbocycles. The number of hydrogen-bond acceptors (Lipinski definition) is 7. The molecule has 2 aromatic rings. The monoisotopic (exact) mass is 488 g/mol. The second-order valence-corrected chi connectivity index (χ2v) is 9.52. The minimum Gasteiger partial charge on any atom is -0.496 e. The van der Waals surface area contributed by atoms with Gasteiger partial charge in [-0.05, 0) is 31.2 Å².